The Morgan fingerprint density at radius 1 is 0.967 bits per heavy atom. The van der Waals surface area contributed by atoms with Crippen LogP contribution in [0.3, 0.4) is 0 Å². The molecule has 2 aromatic rings. The normalized spacial score (nSPS) is 14.9. The van der Waals surface area contributed by atoms with Crippen molar-refractivity contribution in [1.29, 1.82) is 0 Å². The Morgan fingerprint density at radius 2 is 1.53 bits per heavy atom. The van der Waals surface area contributed by atoms with E-state index in [1.54, 1.807) is 0 Å². The Labute approximate surface area is 182 Å². The van der Waals surface area contributed by atoms with E-state index in [1.807, 2.05) is 63.2 Å². The van der Waals surface area contributed by atoms with Crippen molar-refractivity contribution in [1.82, 2.24) is 0 Å². The molecule has 0 aliphatic heterocycles. The summed E-state index contributed by atoms with van der Waals surface area (Å²) in [6, 6.07) is 20.3. The number of hydrogen-bond donors (Lipinski definition) is 1. The summed E-state index contributed by atoms with van der Waals surface area (Å²) in [6.45, 7) is 11.9. The van der Waals surface area contributed by atoms with Gasteiger partial charge in [-0.15, -0.1) is 0 Å². The van der Waals surface area contributed by atoms with Gasteiger partial charge in [-0.2, -0.15) is 0 Å². The Morgan fingerprint density at radius 3 is 2.07 bits per heavy atom. The predicted octanol–water partition coefficient (Wildman–Crippen LogP) is 6.09. The molecular weight excluding hydrogens is 372 g/mol. The van der Waals surface area contributed by atoms with E-state index in [0.29, 0.717) is 26.2 Å². The lowest BCUT2D eigenvalue weighted by atomic mass is 9.87. The molecule has 2 aromatic carbocycles. The zero-order valence-corrected chi connectivity index (χ0v) is 18.6. The maximum absolute atomic E-state index is 10.6. The molecular formula is C27H36O3. The first-order valence-corrected chi connectivity index (χ1v) is 10.7. The third kappa shape index (κ3) is 8.27. The molecule has 162 valence electrons. The van der Waals surface area contributed by atoms with Crippen LogP contribution in [0, 0.1) is 5.92 Å². The van der Waals surface area contributed by atoms with Crippen molar-refractivity contribution in [2.45, 2.75) is 59.0 Å². The van der Waals surface area contributed by atoms with Crippen molar-refractivity contribution in [3.05, 3.63) is 95.6 Å². The molecule has 0 bridgehead atoms. The molecule has 0 radical (unpaired) electrons. The molecule has 0 aliphatic rings. The van der Waals surface area contributed by atoms with Crippen LogP contribution in [-0.2, 0) is 22.7 Å². The van der Waals surface area contributed by atoms with Gasteiger partial charge in [0.05, 0.1) is 25.4 Å². The first-order chi connectivity index (χ1) is 14.5. The van der Waals surface area contributed by atoms with Crippen LogP contribution in [0.1, 0.15) is 44.7 Å². The zero-order chi connectivity index (χ0) is 21.8. The van der Waals surface area contributed by atoms with E-state index in [0.717, 1.165) is 23.1 Å². The minimum Gasteiger partial charge on any atom is -0.389 e. The second-order valence-electron chi connectivity index (χ2n) is 7.90. The van der Waals surface area contributed by atoms with Crippen LogP contribution in [0.4, 0.5) is 0 Å². The number of ether oxygens (including phenoxy) is 2. The standard InChI is InChI=1S/C27H36O3/c1-5-22(4)26(28)18-27(30-20-24-14-10-7-11-15-24)25(21(2)3)16-17-29-19-23-12-8-6-9-13-23/h5-15,25-28H,2,16-20H2,1,3-4H3/b22-5+/t25-,26?,27-/m1/s1. The molecule has 3 atom stereocenters. The molecule has 30 heavy (non-hydrogen) atoms. The van der Waals surface area contributed by atoms with Crippen LogP contribution in [0.25, 0.3) is 0 Å². The van der Waals surface area contributed by atoms with Crippen LogP contribution in [0.2, 0.25) is 0 Å². The van der Waals surface area contributed by atoms with Crippen molar-refractivity contribution in [2.24, 2.45) is 5.92 Å². The molecule has 2 rings (SSSR count). The van der Waals surface area contributed by atoms with Crippen LogP contribution in [0.15, 0.2) is 84.5 Å². The van der Waals surface area contributed by atoms with Crippen LogP contribution in [0.5, 0.6) is 0 Å². The van der Waals surface area contributed by atoms with Crippen molar-refractivity contribution in [3.63, 3.8) is 0 Å². The Bertz CT molecular complexity index is 767. The van der Waals surface area contributed by atoms with Crippen LogP contribution < -0.4 is 0 Å². The van der Waals surface area contributed by atoms with Gasteiger partial charge in [0.25, 0.3) is 0 Å². The third-order valence-electron chi connectivity index (χ3n) is 5.51. The lowest BCUT2D eigenvalue weighted by molar-refractivity contribution is -0.0242. The fourth-order valence-corrected chi connectivity index (χ4v) is 3.45. The number of aliphatic hydroxyl groups excluding tert-OH is 1. The lowest BCUT2D eigenvalue weighted by Gasteiger charge is -2.30. The summed E-state index contributed by atoms with van der Waals surface area (Å²) in [6.07, 6.45) is 2.65. The Hall–Kier alpha value is -2.20. The fraction of sp³-hybridized carbons (Fsp3) is 0.407. The number of aliphatic hydroxyl groups is 1. The van der Waals surface area contributed by atoms with E-state index < -0.39 is 6.10 Å². The molecule has 0 amide bonds. The summed E-state index contributed by atoms with van der Waals surface area (Å²) in [5.41, 5.74) is 4.31. The van der Waals surface area contributed by atoms with Gasteiger partial charge in [-0.3, -0.25) is 0 Å². The first kappa shape index (κ1) is 24.1. The summed E-state index contributed by atoms with van der Waals surface area (Å²) in [7, 11) is 0. The molecule has 1 unspecified atom stereocenters. The SMILES string of the molecule is C=C(C)[C@@H](CCOCc1ccccc1)[C@@H](CC(O)/C(C)=C/C)OCc1ccccc1. The third-order valence-corrected chi connectivity index (χ3v) is 5.51. The van der Waals surface area contributed by atoms with Crippen molar-refractivity contribution in [3.8, 4) is 0 Å². The van der Waals surface area contributed by atoms with Crippen molar-refractivity contribution < 1.29 is 14.6 Å². The van der Waals surface area contributed by atoms with E-state index in [1.165, 1.54) is 5.56 Å². The molecule has 0 fully saturated rings. The zero-order valence-electron chi connectivity index (χ0n) is 18.6. The highest BCUT2D eigenvalue weighted by atomic mass is 16.5. The monoisotopic (exact) mass is 408 g/mol. The van der Waals surface area contributed by atoms with Gasteiger partial charge in [0.2, 0.25) is 0 Å². The molecule has 0 aliphatic carbocycles. The lowest BCUT2D eigenvalue weighted by Crippen LogP contribution is -2.31. The molecule has 3 heteroatoms. The summed E-state index contributed by atoms with van der Waals surface area (Å²) >= 11 is 0. The summed E-state index contributed by atoms with van der Waals surface area (Å²) in [5, 5.41) is 10.6. The van der Waals surface area contributed by atoms with Gasteiger partial charge in [0, 0.05) is 18.9 Å². The summed E-state index contributed by atoms with van der Waals surface area (Å²) in [5.74, 6) is 0.115. The maximum atomic E-state index is 10.6. The Balaban J connectivity index is 2.00. The van der Waals surface area contributed by atoms with E-state index in [-0.39, 0.29) is 12.0 Å². The predicted molar refractivity (Wildman–Crippen MR) is 124 cm³/mol. The van der Waals surface area contributed by atoms with Gasteiger partial charge < -0.3 is 14.6 Å². The molecule has 1 N–H and O–H groups in total. The minimum atomic E-state index is -0.525. The van der Waals surface area contributed by atoms with E-state index >= 15 is 0 Å². The smallest absolute Gasteiger partial charge is 0.0772 e. The molecule has 3 nitrogen and oxygen atoms in total. The van der Waals surface area contributed by atoms with Crippen molar-refractivity contribution >= 4 is 0 Å². The highest BCUT2D eigenvalue weighted by Crippen LogP contribution is 2.27. The van der Waals surface area contributed by atoms with Crippen molar-refractivity contribution in [2.75, 3.05) is 6.61 Å². The largest absolute Gasteiger partial charge is 0.389 e. The van der Waals surface area contributed by atoms with Crippen LogP contribution >= 0.6 is 0 Å². The topological polar surface area (TPSA) is 38.7 Å². The summed E-state index contributed by atoms with van der Waals surface area (Å²) in [4.78, 5) is 0. The van der Waals surface area contributed by atoms with Gasteiger partial charge in [-0.1, -0.05) is 78.9 Å². The first-order valence-electron chi connectivity index (χ1n) is 10.7. The fourth-order valence-electron chi connectivity index (χ4n) is 3.45. The number of allylic oxidation sites excluding steroid dienone is 1. The number of benzene rings is 2. The number of hydrogen-bond acceptors (Lipinski definition) is 3. The van der Waals surface area contributed by atoms with Gasteiger partial charge in [0.15, 0.2) is 0 Å². The molecule has 0 saturated carbocycles. The van der Waals surface area contributed by atoms with Gasteiger partial charge >= 0.3 is 0 Å². The van der Waals surface area contributed by atoms with E-state index in [2.05, 4.69) is 30.8 Å². The molecule has 0 aromatic heterocycles. The second-order valence-corrected chi connectivity index (χ2v) is 7.90. The molecule has 0 spiro atoms. The van der Waals surface area contributed by atoms with Gasteiger partial charge in [-0.05, 0) is 43.9 Å². The highest BCUT2D eigenvalue weighted by molar-refractivity contribution is 5.14. The van der Waals surface area contributed by atoms with Gasteiger partial charge in [-0.25, -0.2) is 0 Å². The van der Waals surface area contributed by atoms with E-state index in [4.69, 9.17) is 9.47 Å². The maximum Gasteiger partial charge on any atom is 0.0772 e. The van der Waals surface area contributed by atoms with Gasteiger partial charge in [0.1, 0.15) is 0 Å². The van der Waals surface area contributed by atoms with E-state index in [9.17, 15) is 5.11 Å². The minimum absolute atomic E-state index is 0.115. The second kappa shape index (κ2) is 13.2. The molecule has 0 heterocycles. The number of rotatable bonds is 13. The van der Waals surface area contributed by atoms with Crippen LogP contribution in [-0.4, -0.2) is 23.9 Å². The quantitative estimate of drug-likeness (QED) is 0.322. The molecule has 0 saturated heterocycles. The highest BCUT2D eigenvalue weighted by Gasteiger charge is 2.26. The average molecular weight is 409 g/mol. The Kier molecular flexibility index (Phi) is 10.6. The summed E-state index contributed by atoms with van der Waals surface area (Å²) < 4.78 is 12.2. The average Bonchev–Trinajstić information content (AvgIpc) is 2.77.